The molecule has 0 spiro atoms. The van der Waals surface area contributed by atoms with Gasteiger partial charge in [0.1, 0.15) is 0 Å². The number of hydrogen-bond acceptors (Lipinski definition) is 5. The van der Waals surface area contributed by atoms with Crippen molar-refractivity contribution in [3.63, 3.8) is 0 Å². The van der Waals surface area contributed by atoms with E-state index in [1.807, 2.05) is 11.8 Å². The molecule has 4 nitrogen and oxygen atoms in total. The van der Waals surface area contributed by atoms with Gasteiger partial charge in [-0.3, -0.25) is 0 Å². The Balaban J connectivity index is 2.35. The van der Waals surface area contributed by atoms with Crippen molar-refractivity contribution >= 4 is 11.8 Å². The highest BCUT2D eigenvalue weighted by atomic mass is 32.2. The van der Waals surface area contributed by atoms with Crippen molar-refractivity contribution in [1.29, 1.82) is 0 Å². The first-order valence-electron chi connectivity index (χ1n) is 7.82. The number of thioether (sulfide) groups is 1. The molecule has 0 fully saturated rings. The van der Waals surface area contributed by atoms with Gasteiger partial charge in [-0.1, -0.05) is 38.8 Å². The highest BCUT2D eigenvalue weighted by Crippen LogP contribution is 2.20. The van der Waals surface area contributed by atoms with E-state index in [1.165, 1.54) is 19.3 Å². The van der Waals surface area contributed by atoms with Crippen molar-refractivity contribution in [1.82, 2.24) is 10.1 Å². The third-order valence-electron chi connectivity index (χ3n) is 3.62. The van der Waals surface area contributed by atoms with Crippen LogP contribution in [0.1, 0.15) is 64.6 Å². The van der Waals surface area contributed by atoms with Gasteiger partial charge >= 0.3 is 0 Å². The van der Waals surface area contributed by atoms with Crippen LogP contribution in [0.4, 0.5) is 0 Å². The molecule has 116 valence electrons. The van der Waals surface area contributed by atoms with E-state index in [0.29, 0.717) is 11.2 Å². The molecule has 1 rings (SSSR count). The average Bonchev–Trinajstić information content (AvgIpc) is 2.90. The second kappa shape index (κ2) is 10.2. The molecule has 5 heteroatoms. The third-order valence-corrected chi connectivity index (χ3v) is 4.95. The molecule has 0 aliphatic rings. The van der Waals surface area contributed by atoms with Gasteiger partial charge in [-0.05, 0) is 31.7 Å². The molecule has 0 aliphatic heterocycles. The molecule has 1 aromatic heterocycles. The van der Waals surface area contributed by atoms with E-state index in [9.17, 15) is 0 Å². The zero-order valence-electron chi connectivity index (χ0n) is 13.1. The van der Waals surface area contributed by atoms with Crippen LogP contribution < -0.4 is 5.73 Å². The highest BCUT2D eigenvalue weighted by molar-refractivity contribution is 7.99. The lowest BCUT2D eigenvalue weighted by molar-refractivity contribution is 0.347. The number of aromatic nitrogens is 2. The molecule has 0 saturated carbocycles. The highest BCUT2D eigenvalue weighted by Gasteiger charge is 2.12. The Hall–Kier alpha value is -0.550. The first kappa shape index (κ1) is 17.5. The van der Waals surface area contributed by atoms with Crippen LogP contribution in [-0.2, 0) is 12.2 Å². The molecule has 0 bridgehead atoms. The molecule has 0 saturated heterocycles. The molecule has 20 heavy (non-hydrogen) atoms. The van der Waals surface area contributed by atoms with Crippen LogP contribution in [0, 0.1) is 5.92 Å². The number of rotatable bonds is 11. The number of nitrogens with zero attached hydrogens (tertiary/aromatic N) is 2. The number of hydrogen-bond donors (Lipinski definition) is 1. The second-order valence-electron chi connectivity index (χ2n) is 5.40. The molecular weight excluding hydrogens is 270 g/mol. The zero-order valence-corrected chi connectivity index (χ0v) is 13.9. The number of aryl methyl sites for hydroxylation is 1. The topological polar surface area (TPSA) is 64.9 Å². The van der Waals surface area contributed by atoms with Crippen LogP contribution in [0.25, 0.3) is 0 Å². The van der Waals surface area contributed by atoms with E-state index in [-0.39, 0.29) is 0 Å². The Morgan fingerprint density at radius 3 is 2.70 bits per heavy atom. The largest absolute Gasteiger partial charge is 0.339 e. The smallest absolute Gasteiger partial charge is 0.226 e. The van der Waals surface area contributed by atoms with Crippen LogP contribution >= 0.6 is 11.8 Å². The molecule has 0 radical (unpaired) electrons. The van der Waals surface area contributed by atoms with Gasteiger partial charge in [0.25, 0.3) is 0 Å². The summed E-state index contributed by atoms with van der Waals surface area (Å²) in [4.78, 5) is 4.48. The first-order chi connectivity index (χ1) is 9.69. The minimum atomic E-state index is 0.649. The average molecular weight is 299 g/mol. The van der Waals surface area contributed by atoms with Gasteiger partial charge in [-0.25, -0.2) is 0 Å². The molecule has 1 aromatic rings. The molecule has 1 heterocycles. The van der Waals surface area contributed by atoms with Gasteiger partial charge in [0.05, 0.1) is 5.75 Å². The van der Waals surface area contributed by atoms with E-state index < -0.39 is 0 Å². The van der Waals surface area contributed by atoms with Gasteiger partial charge in [-0.2, -0.15) is 16.7 Å². The maximum absolute atomic E-state index is 5.66. The Bertz CT molecular complexity index is 351. The summed E-state index contributed by atoms with van der Waals surface area (Å²) in [6, 6.07) is 0. The van der Waals surface area contributed by atoms with Gasteiger partial charge in [0.15, 0.2) is 5.82 Å². The van der Waals surface area contributed by atoms with E-state index >= 15 is 0 Å². The second-order valence-corrected chi connectivity index (χ2v) is 6.83. The summed E-state index contributed by atoms with van der Waals surface area (Å²) >= 11 is 1.88. The lowest BCUT2D eigenvalue weighted by atomic mass is 9.94. The Morgan fingerprint density at radius 2 is 2.05 bits per heavy atom. The van der Waals surface area contributed by atoms with Gasteiger partial charge in [0.2, 0.25) is 5.89 Å². The minimum Gasteiger partial charge on any atom is -0.339 e. The summed E-state index contributed by atoms with van der Waals surface area (Å²) in [6.45, 7) is 7.42. The Labute approximate surface area is 127 Å². The maximum Gasteiger partial charge on any atom is 0.226 e. The van der Waals surface area contributed by atoms with Gasteiger partial charge in [-0.15, -0.1) is 0 Å². The lowest BCUT2D eigenvalue weighted by Crippen LogP contribution is -2.09. The predicted octanol–water partition coefficient (Wildman–Crippen LogP) is 3.80. The molecular formula is C15H29N3OS. The quantitative estimate of drug-likeness (QED) is 0.673. The van der Waals surface area contributed by atoms with Crippen molar-refractivity contribution in [2.24, 2.45) is 11.7 Å². The van der Waals surface area contributed by atoms with Crippen molar-refractivity contribution in [3.8, 4) is 0 Å². The van der Waals surface area contributed by atoms with Crippen molar-refractivity contribution < 1.29 is 4.52 Å². The fraction of sp³-hybridized carbons (Fsp3) is 0.867. The summed E-state index contributed by atoms with van der Waals surface area (Å²) in [5, 5.41) is 4.71. The maximum atomic E-state index is 5.66. The van der Waals surface area contributed by atoms with Crippen LogP contribution in [0.3, 0.4) is 0 Å². The van der Waals surface area contributed by atoms with E-state index in [0.717, 1.165) is 43.3 Å². The Kier molecular flexibility index (Phi) is 8.94. The summed E-state index contributed by atoms with van der Waals surface area (Å²) in [7, 11) is 0. The Morgan fingerprint density at radius 1 is 1.25 bits per heavy atom. The summed E-state index contributed by atoms with van der Waals surface area (Å²) < 4.78 is 5.33. The molecule has 0 amide bonds. The zero-order chi connectivity index (χ0) is 14.8. The van der Waals surface area contributed by atoms with Crippen molar-refractivity contribution in [2.75, 3.05) is 6.54 Å². The SMILES string of the molecule is CCCC(CCN)CCc1nc(CSC(C)CC)no1. The van der Waals surface area contributed by atoms with E-state index in [2.05, 4.69) is 30.9 Å². The van der Waals surface area contributed by atoms with E-state index in [1.54, 1.807) is 0 Å². The fourth-order valence-corrected chi connectivity index (χ4v) is 2.98. The fourth-order valence-electron chi connectivity index (χ4n) is 2.19. The van der Waals surface area contributed by atoms with Crippen LogP contribution in [0.2, 0.25) is 0 Å². The standard InChI is InChI=1S/C15H29N3OS/c1-4-6-13(9-10-16)7-8-15-17-14(18-19-15)11-20-12(3)5-2/h12-13H,4-11,16H2,1-3H3. The monoisotopic (exact) mass is 299 g/mol. The lowest BCUT2D eigenvalue weighted by Gasteiger charge is -2.13. The number of nitrogens with two attached hydrogens (primary N) is 1. The van der Waals surface area contributed by atoms with Gasteiger partial charge in [0, 0.05) is 11.7 Å². The predicted molar refractivity (Wildman–Crippen MR) is 85.7 cm³/mol. The van der Waals surface area contributed by atoms with Crippen molar-refractivity contribution in [2.45, 2.75) is 70.3 Å². The third kappa shape index (κ3) is 6.75. The van der Waals surface area contributed by atoms with Crippen LogP contribution in [0.5, 0.6) is 0 Å². The minimum absolute atomic E-state index is 0.649. The molecule has 2 N–H and O–H groups in total. The first-order valence-corrected chi connectivity index (χ1v) is 8.87. The van der Waals surface area contributed by atoms with Crippen LogP contribution in [0.15, 0.2) is 4.52 Å². The van der Waals surface area contributed by atoms with E-state index in [4.69, 9.17) is 10.3 Å². The molecule has 2 unspecified atom stereocenters. The summed E-state index contributed by atoms with van der Waals surface area (Å²) in [6.07, 6.45) is 6.70. The normalized spacial score (nSPS) is 14.4. The summed E-state index contributed by atoms with van der Waals surface area (Å²) in [5.41, 5.74) is 5.66. The molecule has 2 atom stereocenters. The van der Waals surface area contributed by atoms with Crippen LogP contribution in [-0.4, -0.2) is 21.9 Å². The summed E-state index contributed by atoms with van der Waals surface area (Å²) in [5.74, 6) is 3.15. The van der Waals surface area contributed by atoms with Gasteiger partial charge < -0.3 is 10.3 Å². The molecule has 0 aliphatic carbocycles. The molecule has 0 aromatic carbocycles. The van der Waals surface area contributed by atoms with Crippen molar-refractivity contribution in [3.05, 3.63) is 11.7 Å².